The molecule has 20 heavy (non-hydrogen) atoms. The van der Waals surface area contributed by atoms with Gasteiger partial charge in [-0.15, -0.1) is 0 Å². The van der Waals surface area contributed by atoms with Crippen LogP contribution in [0.4, 0.5) is 0 Å². The Morgan fingerprint density at radius 2 is 2.05 bits per heavy atom. The Kier molecular flexibility index (Phi) is 7.09. The summed E-state index contributed by atoms with van der Waals surface area (Å²) in [6, 6.07) is 7.12. The molecule has 0 aliphatic rings. The first-order valence-electron chi connectivity index (χ1n) is 7.29. The van der Waals surface area contributed by atoms with Crippen molar-refractivity contribution in [3.63, 3.8) is 0 Å². The molecular weight excluding hydrogens is 252 g/mol. The van der Waals surface area contributed by atoms with Crippen molar-refractivity contribution in [3.8, 4) is 5.75 Å². The highest BCUT2D eigenvalue weighted by Crippen LogP contribution is 2.19. The Morgan fingerprint density at radius 1 is 1.35 bits per heavy atom. The summed E-state index contributed by atoms with van der Waals surface area (Å²) in [5, 5.41) is 9.72. The highest BCUT2D eigenvalue weighted by molar-refractivity contribution is 5.75. The number of nitrogens with zero attached hydrogens (tertiary/aromatic N) is 1. The van der Waals surface area contributed by atoms with Crippen LogP contribution >= 0.6 is 0 Å². The lowest BCUT2D eigenvalue weighted by atomic mass is 9.96. The Balaban J connectivity index is 2.45. The van der Waals surface area contributed by atoms with Gasteiger partial charge in [0.05, 0.1) is 0 Å². The molecule has 0 spiro atoms. The van der Waals surface area contributed by atoms with E-state index in [0.717, 1.165) is 24.8 Å². The van der Waals surface area contributed by atoms with E-state index in [1.807, 2.05) is 12.1 Å². The van der Waals surface area contributed by atoms with Gasteiger partial charge in [-0.25, -0.2) is 0 Å². The maximum atomic E-state index is 12.1. The van der Waals surface area contributed by atoms with E-state index >= 15 is 0 Å². The van der Waals surface area contributed by atoms with E-state index in [1.54, 1.807) is 24.1 Å². The standard InChI is InChI=1S/C16H26N2O2/c1-3-13(10-11-17)8-9-16(20)18(2)12-14-6-4-5-7-15(14)19/h4-7,13,19H,3,8-12,17H2,1-2H3. The van der Waals surface area contributed by atoms with E-state index in [-0.39, 0.29) is 11.7 Å². The van der Waals surface area contributed by atoms with Gasteiger partial charge in [-0.2, -0.15) is 0 Å². The molecule has 0 aliphatic carbocycles. The van der Waals surface area contributed by atoms with Crippen molar-refractivity contribution in [2.45, 2.75) is 39.2 Å². The van der Waals surface area contributed by atoms with E-state index in [0.29, 0.717) is 25.4 Å². The summed E-state index contributed by atoms with van der Waals surface area (Å²) in [6.45, 7) is 3.26. The van der Waals surface area contributed by atoms with Crippen LogP contribution in [-0.2, 0) is 11.3 Å². The van der Waals surface area contributed by atoms with Crippen molar-refractivity contribution in [3.05, 3.63) is 29.8 Å². The first-order valence-corrected chi connectivity index (χ1v) is 7.29. The predicted octanol–water partition coefficient (Wildman–Crippen LogP) is 2.51. The lowest BCUT2D eigenvalue weighted by molar-refractivity contribution is -0.130. The van der Waals surface area contributed by atoms with Gasteiger partial charge in [-0.05, 0) is 31.4 Å². The van der Waals surface area contributed by atoms with Crippen LogP contribution in [0.3, 0.4) is 0 Å². The number of carbonyl (C=O) groups is 1. The van der Waals surface area contributed by atoms with Crippen LogP contribution in [0.2, 0.25) is 0 Å². The summed E-state index contributed by atoms with van der Waals surface area (Å²) < 4.78 is 0. The highest BCUT2D eigenvalue weighted by Gasteiger charge is 2.13. The van der Waals surface area contributed by atoms with Gasteiger partial charge in [0, 0.05) is 25.6 Å². The van der Waals surface area contributed by atoms with Crippen LogP contribution in [0.25, 0.3) is 0 Å². The zero-order valence-electron chi connectivity index (χ0n) is 12.5. The third-order valence-corrected chi connectivity index (χ3v) is 3.74. The summed E-state index contributed by atoms with van der Waals surface area (Å²) in [6.07, 6.45) is 3.47. The van der Waals surface area contributed by atoms with E-state index in [1.165, 1.54) is 0 Å². The minimum atomic E-state index is 0.115. The number of hydrogen-bond donors (Lipinski definition) is 2. The van der Waals surface area contributed by atoms with Gasteiger partial charge in [-0.3, -0.25) is 4.79 Å². The third-order valence-electron chi connectivity index (χ3n) is 3.74. The van der Waals surface area contributed by atoms with Gasteiger partial charge < -0.3 is 15.7 Å². The van der Waals surface area contributed by atoms with Crippen LogP contribution in [0.15, 0.2) is 24.3 Å². The first-order chi connectivity index (χ1) is 9.58. The van der Waals surface area contributed by atoms with Crippen molar-refractivity contribution in [1.29, 1.82) is 0 Å². The quantitative estimate of drug-likeness (QED) is 0.768. The molecule has 0 aliphatic heterocycles. The zero-order chi connectivity index (χ0) is 15.0. The van der Waals surface area contributed by atoms with Crippen molar-refractivity contribution >= 4 is 5.91 Å². The molecule has 1 atom stereocenters. The summed E-state index contributed by atoms with van der Waals surface area (Å²) in [5.74, 6) is 0.882. The molecule has 0 bridgehead atoms. The summed E-state index contributed by atoms with van der Waals surface area (Å²) in [7, 11) is 1.78. The number of aromatic hydroxyl groups is 1. The molecule has 4 nitrogen and oxygen atoms in total. The van der Waals surface area contributed by atoms with Gasteiger partial charge in [0.1, 0.15) is 5.75 Å². The second-order valence-electron chi connectivity index (χ2n) is 5.27. The van der Waals surface area contributed by atoms with Crippen LogP contribution in [0.1, 0.15) is 38.2 Å². The predicted molar refractivity (Wildman–Crippen MR) is 81.3 cm³/mol. The van der Waals surface area contributed by atoms with Crippen LogP contribution in [0, 0.1) is 5.92 Å². The Morgan fingerprint density at radius 3 is 2.65 bits per heavy atom. The molecule has 0 aromatic heterocycles. The average Bonchev–Trinajstić information content (AvgIpc) is 2.45. The molecule has 0 saturated heterocycles. The molecule has 1 aromatic rings. The van der Waals surface area contributed by atoms with Crippen LogP contribution in [0.5, 0.6) is 5.75 Å². The lowest BCUT2D eigenvalue weighted by Gasteiger charge is -2.20. The molecule has 1 rings (SSSR count). The van der Waals surface area contributed by atoms with Gasteiger partial charge in [-0.1, -0.05) is 31.5 Å². The Bertz CT molecular complexity index is 421. The van der Waals surface area contributed by atoms with Crippen LogP contribution in [-0.4, -0.2) is 29.5 Å². The average molecular weight is 278 g/mol. The van der Waals surface area contributed by atoms with Crippen molar-refractivity contribution in [1.82, 2.24) is 4.90 Å². The number of phenols is 1. The Hall–Kier alpha value is -1.55. The molecule has 0 fully saturated rings. The van der Waals surface area contributed by atoms with Crippen LogP contribution < -0.4 is 5.73 Å². The second-order valence-corrected chi connectivity index (χ2v) is 5.27. The topological polar surface area (TPSA) is 66.6 Å². The summed E-state index contributed by atoms with van der Waals surface area (Å²) >= 11 is 0. The molecular formula is C16H26N2O2. The second kappa shape index (κ2) is 8.59. The Labute approximate surface area is 121 Å². The highest BCUT2D eigenvalue weighted by atomic mass is 16.3. The SMILES string of the molecule is CCC(CCN)CCC(=O)N(C)Cc1ccccc1O. The van der Waals surface area contributed by atoms with E-state index in [4.69, 9.17) is 5.73 Å². The fourth-order valence-corrected chi connectivity index (χ4v) is 2.29. The maximum absolute atomic E-state index is 12.1. The van der Waals surface area contributed by atoms with Crippen molar-refractivity contribution < 1.29 is 9.90 Å². The number of phenolic OH excluding ortho intramolecular Hbond substituents is 1. The molecule has 0 heterocycles. The molecule has 112 valence electrons. The third kappa shape index (κ3) is 5.21. The lowest BCUT2D eigenvalue weighted by Crippen LogP contribution is -2.26. The molecule has 0 saturated carbocycles. The first kappa shape index (κ1) is 16.5. The van der Waals surface area contributed by atoms with E-state index < -0.39 is 0 Å². The normalized spacial score (nSPS) is 12.2. The number of hydrogen-bond acceptors (Lipinski definition) is 3. The number of para-hydroxylation sites is 1. The van der Waals surface area contributed by atoms with E-state index in [9.17, 15) is 9.90 Å². The smallest absolute Gasteiger partial charge is 0.222 e. The fraction of sp³-hybridized carbons (Fsp3) is 0.562. The van der Waals surface area contributed by atoms with Crippen molar-refractivity contribution in [2.24, 2.45) is 11.7 Å². The number of rotatable bonds is 8. The number of benzene rings is 1. The largest absolute Gasteiger partial charge is 0.508 e. The monoisotopic (exact) mass is 278 g/mol. The molecule has 1 unspecified atom stereocenters. The number of nitrogens with two attached hydrogens (primary N) is 1. The van der Waals surface area contributed by atoms with Gasteiger partial charge in [0.25, 0.3) is 0 Å². The number of carbonyl (C=O) groups excluding carboxylic acids is 1. The van der Waals surface area contributed by atoms with Gasteiger partial charge in [0.2, 0.25) is 5.91 Å². The zero-order valence-corrected chi connectivity index (χ0v) is 12.5. The molecule has 1 amide bonds. The molecule has 4 heteroatoms. The summed E-state index contributed by atoms with van der Waals surface area (Å²) in [5.41, 5.74) is 6.34. The minimum Gasteiger partial charge on any atom is -0.508 e. The summed E-state index contributed by atoms with van der Waals surface area (Å²) in [4.78, 5) is 13.8. The van der Waals surface area contributed by atoms with E-state index in [2.05, 4.69) is 6.92 Å². The van der Waals surface area contributed by atoms with Gasteiger partial charge >= 0.3 is 0 Å². The minimum absolute atomic E-state index is 0.115. The molecule has 1 aromatic carbocycles. The number of amides is 1. The molecule has 3 N–H and O–H groups in total. The fourth-order valence-electron chi connectivity index (χ4n) is 2.29. The van der Waals surface area contributed by atoms with Crippen molar-refractivity contribution in [2.75, 3.05) is 13.6 Å². The van der Waals surface area contributed by atoms with Gasteiger partial charge in [0.15, 0.2) is 0 Å². The maximum Gasteiger partial charge on any atom is 0.222 e. The molecule has 0 radical (unpaired) electrons.